The molecule has 6 rings (SSSR count). The minimum atomic E-state index is -0.288. The first-order valence-electron chi connectivity index (χ1n) is 11.7. The predicted molar refractivity (Wildman–Crippen MR) is 135 cm³/mol. The number of hydrogen-bond acceptors (Lipinski definition) is 9. The molecular weight excluding hydrogens is 477 g/mol. The van der Waals surface area contributed by atoms with E-state index in [-0.39, 0.29) is 12.4 Å². The van der Waals surface area contributed by atoms with Crippen molar-refractivity contribution < 1.29 is 9.13 Å². The van der Waals surface area contributed by atoms with E-state index in [4.69, 9.17) is 4.74 Å². The standard InChI is InChI=1S/C26H22FN7OS/c1-15-2-9-20(32-31-15)12-28-25-21-10-18(16-5-7-19(27)8-6-16)11-22(24(21)29-14-30-25)35-13-23-33-34-26(36-23)17-3-4-17/h2,5-11,14,17H,3-4,12-13H2,1H3,(H,28,29,30). The van der Waals surface area contributed by atoms with Gasteiger partial charge in [-0.15, -0.1) is 10.2 Å². The van der Waals surface area contributed by atoms with E-state index in [1.165, 1.54) is 31.3 Å². The third-order valence-electron chi connectivity index (χ3n) is 5.93. The van der Waals surface area contributed by atoms with Crippen LogP contribution in [-0.2, 0) is 13.2 Å². The fraction of sp³-hybridized carbons (Fsp3) is 0.231. The summed E-state index contributed by atoms with van der Waals surface area (Å²) in [5, 5.41) is 23.0. The van der Waals surface area contributed by atoms with Gasteiger partial charge in [0, 0.05) is 11.3 Å². The minimum Gasteiger partial charge on any atom is -0.484 e. The number of anilines is 1. The maximum atomic E-state index is 13.6. The van der Waals surface area contributed by atoms with E-state index in [9.17, 15) is 4.39 Å². The second-order valence-electron chi connectivity index (χ2n) is 8.72. The molecule has 5 aromatic rings. The van der Waals surface area contributed by atoms with Gasteiger partial charge in [-0.3, -0.25) is 0 Å². The van der Waals surface area contributed by atoms with Crippen LogP contribution in [0.5, 0.6) is 5.75 Å². The Bertz CT molecular complexity index is 1520. The number of aryl methyl sites for hydroxylation is 1. The molecule has 0 atom stereocenters. The van der Waals surface area contributed by atoms with Gasteiger partial charge in [0.1, 0.15) is 40.8 Å². The van der Waals surface area contributed by atoms with E-state index in [1.54, 1.807) is 23.5 Å². The molecule has 1 aliphatic carbocycles. The van der Waals surface area contributed by atoms with Gasteiger partial charge in [0.15, 0.2) is 5.01 Å². The SMILES string of the molecule is Cc1ccc(CNc2ncnc3c(OCc4nnc(C5CC5)s4)cc(-c4ccc(F)cc4)cc23)nn1. The number of benzene rings is 2. The van der Waals surface area contributed by atoms with Crippen molar-refractivity contribution in [1.82, 2.24) is 30.4 Å². The molecule has 36 heavy (non-hydrogen) atoms. The number of nitrogens with zero attached hydrogens (tertiary/aromatic N) is 6. The molecule has 1 aliphatic rings. The number of fused-ring (bicyclic) bond motifs is 1. The van der Waals surface area contributed by atoms with Crippen LogP contribution in [0.15, 0.2) is 54.9 Å². The second kappa shape index (κ2) is 9.54. The van der Waals surface area contributed by atoms with Crippen molar-refractivity contribution in [2.75, 3.05) is 5.32 Å². The van der Waals surface area contributed by atoms with Crippen molar-refractivity contribution in [1.29, 1.82) is 0 Å². The molecule has 0 unspecified atom stereocenters. The Morgan fingerprint density at radius 2 is 1.83 bits per heavy atom. The van der Waals surface area contributed by atoms with Gasteiger partial charge in [0.05, 0.1) is 17.9 Å². The van der Waals surface area contributed by atoms with Crippen LogP contribution in [0.2, 0.25) is 0 Å². The molecule has 0 spiro atoms. The molecule has 0 saturated heterocycles. The maximum absolute atomic E-state index is 13.6. The average molecular weight is 500 g/mol. The van der Waals surface area contributed by atoms with Gasteiger partial charge in [-0.1, -0.05) is 23.5 Å². The first-order valence-corrected chi connectivity index (χ1v) is 12.5. The Morgan fingerprint density at radius 1 is 0.972 bits per heavy atom. The molecule has 3 aromatic heterocycles. The zero-order valence-electron chi connectivity index (χ0n) is 19.5. The molecule has 2 aromatic carbocycles. The highest BCUT2D eigenvalue weighted by atomic mass is 32.1. The molecule has 10 heteroatoms. The van der Waals surface area contributed by atoms with E-state index in [0.717, 1.165) is 37.9 Å². The van der Waals surface area contributed by atoms with E-state index >= 15 is 0 Å². The Balaban J connectivity index is 1.35. The van der Waals surface area contributed by atoms with Crippen LogP contribution in [0.25, 0.3) is 22.0 Å². The van der Waals surface area contributed by atoms with Gasteiger partial charge in [0.25, 0.3) is 0 Å². The topological polar surface area (TPSA) is 98.6 Å². The second-order valence-corrected chi connectivity index (χ2v) is 9.81. The minimum absolute atomic E-state index is 0.288. The largest absolute Gasteiger partial charge is 0.484 e. The van der Waals surface area contributed by atoms with Crippen LogP contribution in [0.4, 0.5) is 10.2 Å². The number of hydrogen-bond donors (Lipinski definition) is 1. The van der Waals surface area contributed by atoms with Crippen LogP contribution >= 0.6 is 11.3 Å². The molecule has 180 valence electrons. The van der Waals surface area contributed by atoms with Gasteiger partial charge in [-0.2, -0.15) is 10.2 Å². The number of ether oxygens (including phenoxy) is 1. The third kappa shape index (κ3) is 4.85. The number of nitrogens with one attached hydrogen (secondary N) is 1. The summed E-state index contributed by atoms with van der Waals surface area (Å²) in [6.07, 6.45) is 3.87. The highest BCUT2D eigenvalue weighted by molar-refractivity contribution is 7.11. The van der Waals surface area contributed by atoms with Crippen molar-refractivity contribution in [3.8, 4) is 16.9 Å². The number of halogens is 1. The summed E-state index contributed by atoms with van der Waals surface area (Å²) in [6.45, 7) is 2.64. The van der Waals surface area contributed by atoms with Crippen molar-refractivity contribution in [3.05, 3.63) is 82.1 Å². The summed E-state index contributed by atoms with van der Waals surface area (Å²) in [6, 6.07) is 14.1. The normalized spacial score (nSPS) is 13.2. The van der Waals surface area contributed by atoms with Gasteiger partial charge < -0.3 is 10.1 Å². The lowest BCUT2D eigenvalue weighted by Gasteiger charge is -2.14. The van der Waals surface area contributed by atoms with Gasteiger partial charge in [-0.05, 0) is 67.3 Å². The van der Waals surface area contributed by atoms with Crippen LogP contribution in [0, 0.1) is 12.7 Å². The number of aromatic nitrogens is 6. The van der Waals surface area contributed by atoms with Crippen molar-refractivity contribution in [2.24, 2.45) is 0 Å². The maximum Gasteiger partial charge on any atom is 0.155 e. The molecule has 1 fully saturated rings. The lowest BCUT2D eigenvalue weighted by atomic mass is 10.0. The van der Waals surface area contributed by atoms with Crippen LogP contribution in [-0.4, -0.2) is 30.4 Å². The Morgan fingerprint density at radius 3 is 2.61 bits per heavy atom. The number of rotatable bonds is 8. The van der Waals surface area contributed by atoms with Crippen molar-refractivity contribution in [3.63, 3.8) is 0 Å². The summed E-state index contributed by atoms with van der Waals surface area (Å²) in [7, 11) is 0. The molecule has 0 radical (unpaired) electrons. The van der Waals surface area contributed by atoms with Gasteiger partial charge in [0.2, 0.25) is 0 Å². The molecule has 1 N–H and O–H groups in total. The Kier molecular flexibility index (Phi) is 5.94. The first kappa shape index (κ1) is 22.4. The fourth-order valence-corrected chi connectivity index (χ4v) is 4.78. The summed E-state index contributed by atoms with van der Waals surface area (Å²) in [5.41, 5.74) is 4.04. The van der Waals surface area contributed by atoms with Gasteiger partial charge in [-0.25, -0.2) is 14.4 Å². The van der Waals surface area contributed by atoms with E-state index in [0.29, 0.717) is 29.5 Å². The van der Waals surface area contributed by atoms with E-state index in [1.807, 2.05) is 31.2 Å². The van der Waals surface area contributed by atoms with E-state index < -0.39 is 0 Å². The van der Waals surface area contributed by atoms with E-state index in [2.05, 4.69) is 35.7 Å². The molecule has 1 saturated carbocycles. The highest BCUT2D eigenvalue weighted by Crippen LogP contribution is 2.41. The van der Waals surface area contributed by atoms with Gasteiger partial charge >= 0.3 is 0 Å². The lowest BCUT2D eigenvalue weighted by Crippen LogP contribution is -2.06. The molecule has 3 heterocycles. The fourth-order valence-electron chi connectivity index (χ4n) is 3.85. The monoisotopic (exact) mass is 499 g/mol. The zero-order chi connectivity index (χ0) is 24.5. The van der Waals surface area contributed by atoms with Crippen LogP contribution in [0.3, 0.4) is 0 Å². The van der Waals surface area contributed by atoms with Crippen molar-refractivity contribution in [2.45, 2.75) is 38.8 Å². The third-order valence-corrected chi connectivity index (χ3v) is 6.99. The quantitative estimate of drug-likeness (QED) is 0.301. The first-order chi connectivity index (χ1) is 17.6. The van der Waals surface area contributed by atoms with Crippen LogP contribution < -0.4 is 10.1 Å². The molecule has 8 nitrogen and oxygen atoms in total. The van der Waals surface area contributed by atoms with Crippen molar-refractivity contribution >= 4 is 28.1 Å². The predicted octanol–water partition coefficient (Wildman–Crippen LogP) is 5.45. The Hall–Kier alpha value is -4.05. The smallest absolute Gasteiger partial charge is 0.155 e. The summed E-state index contributed by atoms with van der Waals surface area (Å²) in [5.74, 6) is 1.50. The summed E-state index contributed by atoms with van der Waals surface area (Å²) < 4.78 is 19.8. The molecule has 0 bridgehead atoms. The summed E-state index contributed by atoms with van der Waals surface area (Å²) in [4.78, 5) is 8.99. The average Bonchev–Trinajstić information content (AvgIpc) is 3.65. The Labute approximate surface area is 210 Å². The summed E-state index contributed by atoms with van der Waals surface area (Å²) >= 11 is 1.59. The zero-order valence-corrected chi connectivity index (χ0v) is 20.3. The molecular formula is C26H22FN7OS. The lowest BCUT2D eigenvalue weighted by molar-refractivity contribution is 0.308. The highest BCUT2D eigenvalue weighted by Gasteiger charge is 2.27. The van der Waals surface area contributed by atoms with Crippen LogP contribution in [0.1, 0.15) is 40.2 Å². The molecule has 0 amide bonds. The molecule has 0 aliphatic heterocycles.